The summed E-state index contributed by atoms with van der Waals surface area (Å²) in [4.78, 5) is 10.8. The zero-order chi connectivity index (χ0) is 12.5. The van der Waals surface area contributed by atoms with Crippen molar-refractivity contribution in [2.75, 3.05) is 7.11 Å². The van der Waals surface area contributed by atoms with Gasteiger partial charge < -0.3 is 9.84 Å². The van der Waals surface area contributed by atoms with Gasteiger partial charge in [-0.3, -0.25) is 0 Å². The number of carbonyl (C=O) groups is 1. The molecule has 0 aromatic heterocycles. The van der Waals surface area contributed by atoms with Crippen molar-refractivity contribution < 1.29 is 14.6 Å². The summed E-state index contributed by atoms with van der Waals surface area (Å²) in [5, 5.41) is 9.69. The molecular formula is C14H18O3. The van der Waals surface area contributed by atoms with E-state index in [-0.39, 0.29) is 5.97 Å². The molecule has 0 spiro atoms. The number of methoxy groups -OCH3 is 1. The highest BCUT2D eigenvalue weighted by Gasteiger charge is 2.02. The van der Waals surface area contributed by atoms with E-state index in [0.717, 1.165) is 6.42 Å². The van der Waals surface area contributed by atoms with Crippen LogP contribution in [0.3, 0.4) is 0 Å². The van der Waals surface area contributed by atoms with Crippen molar-refractivity contribution in [3.05, 3.63) is 48.0 Å². The average molecular weight is 234 g/mol. The van der Waals surface area contributed by atoms with Crippen molar-refractivity contribution in [3.8, 4) is 0 Å². The van der Waals surface area contributed by atoms with Gasteiger partial charge in [-0.2, -0.15) is 0 Å². The van der Waals surface area contributed by atoms with Crippen molar-refractivity contribution in [1.82, 2.24) is 0 Å². The quantitative estimate of drug-likeness (QED) is 0.605. The molecule has 0 saturated heterocycles. The molecule has 1 unspecified atom stereocenters. The van der Waals surface area contributed by atoms with Crippen LogP contribution in [0.15, 0.2) is 42.5 Å². The first kappa shape index (κ1) is 13.5. The van der Waals surface area contributed by atoms with E-state index in [4.69, 9.17) is 0 Å². The Morgan fingerprint density at radius 2 is 2.12 bits per heavy atom. The molecule has 0 aliphatic heterocycles. The summed E-state index contributed by atoms with van der Waals surface area (Å²) < 4.78 is 4.45. The molecule has 0 fully saturated rings. The lowest BCUT2D eigenvalue weighted by atomic mass is 10.1. The maximum Gasteiger partial charge on any atom is 0.330 e. The summed E-state index contributed by atoms with van der Waals surface area (Å²) in [7, 11) is 1.33. The molecule has 0 amide bonds. The van der Waals surface area contributed by atoms with E-state index in [0.29, 0.717) is 12.8 Å². The van der Waals surface area contributed by atoms with Crippen LogP contribution < -0.4 is 0 Å². The molecule has 0 aliphatic rings. The molecule has 92 valence electrons. The molecule has 1 atom stereocenters. The van der Waals surface area contributed by atoms with E-state index in [2.05, 4.69) is 4.74 Å². The first-order valence-electron chi connectivity index (χ1n) is 5.69. The van der Waals surface area contributed by atoms with Gasteiger partial charge in [-0.15, -0.1) is 0 Å². The lowest BCUT2D eigenvalue weighted by molar-refractivity contribution is -0.134. The molecule has 3 heteroatoms. The van der Waals surface area contributed by atoms with Crippen LogP contribution in [-0.4, -0.2) is 24.3 Å². The van der Waals surface area contributed by atoms with Crippen LogP contribution in [-0.2, 0) is 16.0 Å². The van der Waals surface area contributed by atoms with E-state index in [9.17, 15) is 9.90 Å². The van der Waals surface area contributed by atoms with Gasteiger partial charge in [-0.05, 0) is 24.8 Å². The molecule has 1 N–H and O–H groups in total. The van der Waals surface area contributed by atoms with Gasteiger partial charge >= 0.3 is 5.97 Å². The number of hydrogen-bond acceptors (Lipinski definition) is 3. The van der Waals surface area contributed by atoms with Crippen LogP contribution in [0.4, 0.5) is 0 Å². The van der Waals surface area contributed by atoms with Crippen molar-refractivity contribution in [2.45, 2.75) is 25.4 Å². The fourth-order valence-corrected chi connectivity index (χ4v) is 1.49. The SMILES string of the molecule is COC(=O)/C=C/CC(O)CCc1ccccc1. The summed E-state index contributed by atoms with van der Waals surface area (Å²) in [6, 6.07) is 10.0. The van der Waals surface area contributed by atoms with Crippen LogP contribution in [0.5, 0.6) is 0 Å². The molecule has 17 heavy (non-hydrogen) atoms. The van der Waals surface area contributed by atoms with Gasteiger partial charge in [0.15, 0.2) is 0 Å². The maximum atomic E-state index is 10.8. The molecule has 0 heterocycles. The van der Waals surface area contributed by atoms with Gasteiger partial charge in [0.2, 0.25) is 0 Å². The molecule has 1 rings (SSSR count). The Balaban J connectivity index is 2.24. The standard InChI is InChI=1S/C14H18O3/c1-17-14(16)9-5-8-13(15)11-10-12-6-3-2-4-7-12/h2-7,9,13,15H,8,10-11H2,1H3/b9-5+. The fourth-order valence-electron chi connectivity index (χ4n) is 1.49. The molecule has 0 bridgehead atoms. The van der Waals surface area contributed by atoms with Gasteiger partial charge in [0.1, 0.15) is 0 Å². The third kappa shape index (κ3) is 5.88. The summed E-state index contributed by atoms with van der Waals surface area (Å²) in [5.41, 5.74) is 1.21. The number of esters is 1. The van der Waals surface area contributed by atoms with E-state index in [1.807, 2.05) is 30.3 Å². The zero-order valence-corrected chi connectivity index (χ0v) is 10.0. The normalized spacial score (nSPS) is 12.6. The van der Waals surface area contributed by atoms with E-state index >= 15 is 0 Å². The highest BCUT2D eigenvalue weighted by molar-refractivity contribution is 5.81. The molecule has 0 saturated carbocycles. The Morgan fingerprint density at radius 3 is 2.76 bits per heavy atom. The lowest BCUT2D eigenvalue weighted by Gasteiger charge is -2.07. The monoisotopic (exact) mass is 234 g/mol. The topological polar surface area (TPSA) is 46.5 Å². The smallest absolute Gasteiger partial charge is 0.330 e. The minimum Gasteiger partial charge on any atom is -0.466 e. The summed E-state index contributed by atoms with van der Waals surface area (Å²) in [6.45, 7) is 0. The van der Waals surface area contributed by atoms with Crippen molar-refractivity contribution in [3.63, 3.8) is 0 Å². The second kappa shape index (κ2) is 7.63. The van der Waals surface area contributed by atoms with Crippen molar-refractivity contribution in [2.24, 2.45) is 0 Å². The van der Waals surface area contributed by atoms with Crippen molar-refractivity contribution in [1.29, 1.82) is 0 Å². The molecular weight excluding hydrogens is 216 g/mol. The molecule has 0 radical (unpaired) electrons. The Kier molecular flexibility index (Phi) is 6.04. The maximum absolute atomic E-state index is 10.8. The predicted molar refractivity (Wildman–Crippen MR) is 66.5 cm³/mol. The van der Waals surface area contributed by atoms with Crippen LogP contribution in [0.25, 0.3) is 0 Å². The van der Waals surface area contributed by atoms with Gasteiger partial charge in [0, 0.05) is 6.08 Å². The average Bonchev–Trinajstić information content (AvgIpc) is 2.37. The highest BCUT2D eigenvalue weighted by Crippen LogP contribution is 2.07. The number of aliphatic hydroxyl groups excluding tert-OH is 1. The first-order valence-corrected chi connectivity index (χ1v) is 5.69. The number of carbonyl (C=O) groups excluding carboxylic acids is 1. The second-order valence-corrected chi connectivity index (χ2v) is 3.84. The van der Waals surface area contributed by atoms with E-state index in [1.165, 1.54) is 18.7 Å². The molecule has 1 aromatic carbocycles. The Bertz CT molecular complexity index is 357. The molecule has 0 aliphatic carbocycles. The van der Waals surface area contributed by atoms with Gasteiger partial charge in [-0.1, -0.05) is 36.4 Å². The zero-order valence-electron chi connectivity index (χ0n) is 10.0. The Hall–Kier alpha value is -1.61. The summed E-state index contributed by atoms with van der Waals surface area (Å²) in [6.07, 6.45) is 4.56. The Morgan fingerprint density at radius 1 is 1.41 bits per heavy atom. The second-order valence-electron chi connectivity index (χ2n) is 3.84. The van der Waals surface area contributed by atoms with E-state index in [1.54, 1.807) is 6.08 Å². The number of aliphatic hydroxyl groups is 1. The third-order valence-corrected chi connectivity index (χ3v) is 2.47. The lowest BCUT2D eigenvalue weighted by Crippen LogP contribution is -2.06. The number of ether oxygens (including phenoxy) is 1. The predicted octanol–water partition coefficient (Wildman–Crippen LogP) is 2.10. The number of hydrogen-bond donors (Lipinski definition) is 1. The fraction of sp³-hybridized carbons (Fsp3) is 0.357. The number of rotatable bonds is 6. The minimum absolute atomic E-state index is 0.389. The third-order valence-electron chi connectivity index (χ3n) is 2.47. The molecule has 3 nitrogen and oxygen atoms in total. The van der Waals surface area contributed by atoms with E-state index < -0.39 is 6.10 Å². The first-order chi connectivity index (χ1) is 8.22. The van der Waals surface area contributed by atoms with Crippen LogP contribution >= 0.6 is 0 Å². The summed E-state index contributed by atoms with van der Waals surface area (Å²) >= 11 is 0. The summed E-state index contributed by atoms with van der Waals surface area (Å²) in [5.74, 6) is -0.389. The minimum atomic E-state index is -0.420. The van der Waals surface area contributed by atoms with Gasteiger partial charge in [-0.25, -0.2) is 4.79 Å². The van der Waals surface area contributed by atoms with Crippen molar-refractivity contribution >= 4 is 5.97 Å². The number of benzene rings is 1. The van der Waals surface area contributed by atoms with Gasteiger partial charge in [0.05, 0.1) is 13.2 Å². The number of aryl methyl sites for hydroxylation is 1. The van der Waals surface area contributed by atoms with Crippen LogP contribution in [0.2, 0.25) is 0 Å². The molecule has 1 aromatic rings. The highest BCUT2D eigenvalue weighted by atomic mass is 16.5. The van der Waals surface area contributed by atoms with Crippen LogP contribution in [0, 0.1) is 0 Å². The van der Waals surface area contributed by atoms with Gasteiger partial charge in [0.25, 0.3) is 0 Å². The largest absolute Gasteiger partial charge is 0.466 e. The Labute approximate surface area is 102 Å². The van der Waals surface area contributed by atoms with Crippen LogP contribution in [0.1, 0.15) is 18.4 Å².